The van der Waals surface area contributed by atoms with E-state index in [0.29, 0.717) is 25.2 Å². The van der Waals surface area contributed by atoms with E-state index in [9.17, 15) is 9.59 Å². The zero-order valence-electron chi connectivity index (χ0n) is 18.8. The Morgan fingerprint density at radius 2 is 1.59 bits per heavy atom. The summed E-state index contributed by atoms with van der Waals surface area (Å²) in [6.45, 7) is 7.28. The number of carbonyl (C=O) groups excluding carboxylic acids is 2. The summed E-state index contributed by atoms with van der Waals surface area (Å²) in [4.78, 5) is 30.0. The largest absolute Gasteiger partial charge is 0.464 e. The van der Waals surface area contributed by atoms with Crippen molar-refractivity contribution >= 4 is 27.7 Å². The molecule has 0 aliphatic rings. The second-order valence-electron chi connectivity index (χ2n) is 8.33. The fraction of sp³-hybridized carbons (Fsp3) is 0.308. The van der Waals surface area contributed by atoms with Gasteiger partial charge in [-0.2, -0.15) is 0 Å². The van der Waals surface area contributed by atoms with Crippen LogP contribution in [0, 0.1) is 12.8 Å². The third-order valence-corrected chi connectivity index (χ3v) is 5.53. The molecule has 0 saturated carbocycles. The van der Waals surface area contributed by atoms with Gasteiger partial charge in [0.05, 0.1) is 6.54 Å². The van der Waals surface area contributed by atoms with E-state index in [1.807, 2.05) is 75.4 Å². The van der Waals surface area contributed by atoms with Crippen molar-refractivity contribution in [2.45, 2.75) is 33.9 Å². The maximum absolute atomic E-state index is 13.4. The highest BCUT2D eigenvalue weighted by molar-refractivity contribution is 9.10. The quantitative estimate of drug-likeness (QED) is 0.383. The summed E-state index contributed by atoms with van der Waals surface area (Å²) in [6.07, 6.45) is 0. The molecule has 0 unspecified atom stereocenters. The van der Waals surface area contributed by atoms with E-state index in [2.05, 4.69) is 15.9 Å². The molecule has 168 valence electrons. The van der Waals surface area contributed by atoms with Crippen LogP contribution in [0.3, 0.4) is 0 Å². The van der Waals surface area contributed by atoms with E-state index in [1.165, 1.54) is 0 Å². The molecule has 0 N–H and O–H groups in total. The van der Waals surface area contributed by atoms with Crippen LogP contribution in [0.5, 0.6) is 0 Å². The van der Waals surface area contributed by atoms with Crippen LogP contribution in [-0.2, 0) is 17.9 Å². The fourth-order valence-electron chi connectivity index (χ4n) is 3.49. The van der Waals surface area contributed by atoms with Gasteiger partial charge in [0, 0.05) is 23.1 Å². The van der Waals surface area contributed by atoms with Crippen LogP contribution in [0.1, 0.15) is 41.3 Å². The number of carbonyl (C=O) groups is 2. The summed E-state index contributed by atoms with van der Waals surface area (Å²) in [5.74, 6) is 1.50. The van der Waals surface area contributed by atoms with Gasteiger partial charge in [0.1, 0.15) is 18.1 Å². The van der Waals surface area contributed by atoms with Crippen LogP contribution in [0.4, 0.5) is 0 Å². The van der Waals surface area contributed by atoms with Crippen molar-refractivity contribution < 1.29 is 14.0 Å². The van der Waals surface area contributed by atoms with Crippen LogP contribution in [0.25, 0.3) is 0 Å². The molecule has 1 aromatic heterocycles. The number of amides is 2. The predicted octanol–water partition coefficient (Wildman–Crippen LogP) is 5.68. The third kappa shape index (κ3) is 6.82. The van der Waals surface area contributed by atoms with Crippen molar-refractivity contribution in [3.63, 3.8) is 0 Å². The predicted molar refractivity (Wildman–Crippen MR) is 129 cm³/mol. The summed E-state index contributed by atoms with van der Waals surface area (Å²) >= 11 is 3.40. The Balaban J connectivity index is 1.81. The first kappa shape index (κ1) is 23.8. The first-order valence-electron chi connectivity index (χ1n) is 10.7. The van der Waals surface area contributed by atoms with E-state index < -0.39 is 0 Å². The number of nitrogens with zero attached hydrogens (tertiary/aromatic N) is 2. The lowest BCUT2D eigenvalue weighted by Gasteiger charge is -2.28. The Kier molecular flexibility index (Phi) is 8.28. The lowest BCUT2D eigenvalue weighted by Crippen LogP contribution is -2.43. The van der Waals surface area contributed by atoms with Gasteiger partial charge in [-0.05, 0) is 54.8 Å². The normalized spacial score (nSPS) is 10.9. The van der Waals surface area contributed by atoms with Crippen molar-refractivity contribution in [2.75, 3.05) is 13.1 Å². The van der Waals surface area contributed by atoms with Gasteiger partial charge < -0.3 is 14.2 Å². The van der Waals surface area contributed by atoms with Gasteiger partial charge in [0.2, 0.25) is 5.91 Å². The summed E-state index contributed by atoms with van der Waals surface area (Å²) in [7, 11) is 0. The second-order valence-corrected chi connectivity index (χ2v) is 9.25. The first-order chi connectivity index (χ1) is 15.3. The smallest absolute Gasteiger partial charge is 0.254 e. The highest BCUT2D eigenvalue weighted by Gasteiger charge is 2.24. The molecule has 0 aliphatic carbocycles. The number of halogens is 1. The number of rotatable bonds is 9. The summed E-state index contributed by atoms with van der Waals surface area (Å²) in [6, 6.07) is 20.9. The molecule has 0 spiro atoms. The van der Waals surface area contributed by atoms with Gasteiger partial charge in [-0.1, -0.05) is 60.1 Å². The van der Waals surface area contributed by atoms with E-state index in [0.717, 1.165) is 21.6 Å². The molecule has 0 saturated heterocycles. The Bertz CT molecular complexity index is 1030. The molecule has 0 radical (unpaired) electrons. The van der Waals surface area contributed by atoms with Gasteiger partial charge >= 0.3 is 0 Å². The molecule has 0 fully saturated rings. The molecule has 2 aromatic carbocycles. The van der Waals surface area contributed by atoms with Crippen molar-refractivity contribution in [1.29, 1.82) is 0 Å². The van der Waals surface area contributed by atoms with Gasteiger partial charge in [-0.3, -0.25) is 9.59 Å². The number of hydrogen-bond donors (Lipinski definition) is 0. The highest BCUT2D eigenvalue weighted by atomic mass is 79.9. The molecular weight excluding hydrogens is 468 g/mol. The molecule has 6 heteroatoms. The Morgan fingerprint density at radius 1 is 0.906 bits per heavy atom. The molecule has 0 bridgehead atoms. The average molecular weight is 497 g/mol. The minimum atomic E-state index is -0.145. The lowest BCUT2D eigenvalue weighted by atomic mass is 10.1. The minimum Gasteiger partial charge on any atom is -0.464 e. The topological polar surface area (TPSA) is 53.8 Å². The third-order valence-electron chi connectivity index (χ3n) is 5.00. The summed E-state index contributed by atoms with van der Waals surface area (Å²) < 4.78 is 6.63. The Hall–Kier alpha value is -2.86. The molecule has 0 atom stereocenters. The van der Waals surface area contributed by atoms with Gasteiger partial charge in [-0.15, -0.1) is 0 Å². The zero-order valence-corrected chi connectivity index (χ0v) is 20.3. The molecule has 3 rings (SSSR count). The van der Waals surface area contributed by atoms with Crippen LogP contribution < -0.4 is 0 Å². The van der Waals surface area contributed by atoms with Crippen molar-refractivity contribution in [3.8, 4) is 0 Å². The molecule has 0 aliphatic heterocycles. The first-order valence-corrected chi connectivity index (χ1v) is 11.5. The maximum Gasteiger partial charge on any atom is 0.254 e. The molecular formula is C26H29BrN2O3. The Morgan fingerprint density at radius 3 is 2.19 bits per heavy atom. The van der Waals surface area contributed by atoms with E-state index in [-0.39, 0.29) is 24.3 Å². The standard InChI is InChI=1S/C26H29BrN2O3/c1-19(2)15-29(26(31)22-10-12-23(27)13-11-22)18-25(30)28(16-21-7-5-4-6-8-21)17-24-14-9-20(3)32-24/h4-14,19H,15-18H2,1-3H3. The maximum atomic E-state index is 13.4. The average Bonchev–Trinajstić information content (AvgIpc) is 3.18. The monoisotopic (exact) mass is 496 g/mol. The van der Waals surface area contributed by atoms with Crippen LogP contribution in [0.15, 0.2) is 75.6 Å². The number of aryl methyl sites for hydroxylation is 1. The van der Waals surface area contributed by atoms with Crippen molar-refractivity contribution in [1.82, 2.24) is 9.80 Å². The minimum absolute atomic E-state index is 0.0135. The SMILES string of the molecule is Cc1ccc(CN(Cc2ccccc2)C(=O)CN(CC(C)C)C(=O)c2ccc(Br)cc2)o1. The van der Waals surface area contributed by atoms with Gasteiger partial charge in [0.15, 0.2) is 0 Å². The van der Waals surface area contributed by atoms with Crippen LogP contribution >= 0.6 is 15.9 Å². The Labute approximate surface area is 198 Å². The summed E-state index contributed by atoms with van der Waals surface area (Å²) in [5.41, 5.74) is 1.59. The number of furan rings is 1. The highest BCUT2D eigenvalue weighted by Crippen LogP contribution is 2.16. The van der Waals surface area contributed by atoms with E-state index >= 15 is 0 Å². The van der Waals surface area contributed by atoms with E-state index in [1.54, 1.807) is 21.9 Å². The van der Waals surface area contributed by atoms with Gasteiger partial charge in [-0.25, -0.2) is 0 Å². The molecule has 5 nitrogen and oxygen atoms in total. The van der Waals surface area contributed by atoms with Crippen molar-refractivity contribution in [2.24, 2.45) is 5.92 Å². The van der Waals surface area contributed by atoms with Crippen LogP contribution in [-0.4, -0.2) is 34.7 Å². The fourth-order valence-corrected chi connectivity index (χ4v) is 3.76. The van der Waals surface area contributed by atoms with Crippen molar-refractivity contribution in [3.05, 3.63) is 93.9 Å². The molecule has 32 heavy (non-hydrogen) atoms. The number of hydrogen-bond acceptors (Lipinski definition) is 3. The molecule has 2 amide bonds. The van der Waals surface area contributed by atoms with E-state index in [4.69, 9.17) is 4.42 Å². The molecule has 3 aromatic rings. The lowest BCUT2D eigenvalue weighted by molar-refractivity contribution is -0.133. The number of benzene rings is 2. The molecule has 1 heterocycles. The summed E-state index contributed by atoms with van der Waals surface area (Å²) in [5, 5.41) is 0. The zero-order chi connectivity index (χ0) is 23.1. The van der Waals surface area contributed by atoms with Crippen LogP contribution in [0.2, 0.25) is 0 Å². The second kappa shape index (κ2) is 11.1. The van der Waals surface area contributed by atoms with Gasteiger partial charge in [0.25, 0.3) is 5.91 Å².